The average molecular weight is 427 g/mol. The molecule has 0 fully saturated rings. The standard InChI is InChI=1S/C25H26N6O/c1-2-3-12-23-26-22-11-7-10-20(22)25(32)31(23)16-17-13-14-19(18-8-5-4-6-9-18)21(15-17)24-27-29-30-28-24/h4-6,8-9,13-15H,2-3,7,10-12,16H2,1H3,(H,27,28,29,30). The zero-order valence-electron chi connectivity index (χ0n) is 18.2. The summed E-state index contributed by atoms with van der Waals surface area (Å²) in [7, 11) is 0. The molecule has 0 bridgehead atoms. The van der Waals surface area contributed by atoms with Gasteiger partial charge in [0, 0.05) is 17.5 Å². The highest BCUT2D eigenvalue weighted by atomic mass is 16.1. The lowest BCUT2D eigenvalue weighted by atomic mass is 9.97. The summed E-state index contributed by atoms with van der Waals surface area (Å²) in [5.74, 6) is 1.43. The minimum atomic E-state index is 0.117. The molecule has 7 nitrogen and oxygen atoms in total. The minimum Gasteiger partial charge on any atom is -0.292 e. The van der Waals surface area contributed by atoms with Crippen molar-refractivity contribution in [3.05, 3.63) is 81.5 Å². The van der Waals surface area contributed by atoms with Gasteiger partial charge in [0.15, 0.2) is 0 Å². The first-order valence-corrected chi connectivity index (χ1v) is 11.3. The molecule has 2 heterocycles. The number of tetrazole rings is 1. The number of nitrogens with zero attached hydrogens (tertiary/aromatic N) is 5. The second-order valence-corrected chi connectivity index (χ2v) is 8.28. The van der Waals surface area contributed by atoms with Crippen LogP contribution in [-0.4, -0.2) is 30.2 Å². The maximum absolute atomic E-state index is 13.3. The van der Waals surface area contributed by atoms with E-state index in [0.29, 0.717) is 12.4 Å². The van der Waals surface area contributed by atoms with Crippen LogP contribution in [-0.2, 0) is 25.8 Å². The van der Waals surface area contributed by atoms with Crippen LogP contribution in [0.1, 0.15) is 48.8 Å². The predicted molar refractivity (Wildman–Crippen MR) is 123 cm³/mol. The highest BCUT2D eigenvalue weighted by Gasteiger charge is 2.21. The van der Waals surface area contributed by atoms with Crippen LogP contribution in [0.4, 0.5) is 0 Å². The van der Waals surface area contributed by atoms with Crippen LogP contribution in [0, 0.1) is 0 Å². The van der Waals surface area contributed by atoms with Gasteiger partial charge in [0.2, 0.25) is 5.82 Å². The van der Waals surface area contributed by atoms with Gasteiger partial charge in [0.05, 0.1) is 12.2 Å². The van der Waals surface area contributed by atoms with Crippen LogP contribution in [0.5, 0.6) is 0 Å². The summed E-state index contributed by atoms with van der Waals surface area (Å²) in [4.78, 5) is 18.2. The summed E-state index contributed by atoms with van der Waals surface area (Å²) < 4.78 is 1.87. The molecule has 32 heavy (non-hydrogen) atoms. The zero-order valence-corrected chi connectivity index (χ0v) is 18.2. The van der Waals surface area contributed by atoms with Gasteiger partial charge in [-0.3, -0.25) is 9.36 Å². The topological polar surface area (TPSA) is 89.4 Å². The number of benzene rings is 2. The molecular weight excluding hydrogens is 400 g/mol. The smallest absolute Gasteiger partial charge is 0.257 e. The lowest BCUT2D eigenvalue weighted by molar-refractivity contribution is 0.627. The maximum atomic E-state index is 13.3. The Labute approximate surface area is 186 Å². The second kappa shape index (κ2) is 8.86. The molecule has 0 spiro atoms. The monoisotopic (exact) mass is 426 g/mol. The Morgan fingerprint density at radius 2 is 1.94 bits per heavy atom. The van der Waals surface area contributed by atoms with Crippen molar-refractivity contribution in [2.45, 2.75) is 52.0 Å². The summed E-state index contributed by atoms with van der Waals surface area (Å²) in [6.45, 7) is 2.65. The molecule has 5 rings (SSSR count). The van der Waals surface area contributed by atoms with Crippen LogP contribution in [0.2, 0.25) is 0 Å². The normalized spacial score (nSPS) is 12.8. The van der Waals surface area contributed by atoms with E-state index in [1.807, 2.05) is 22.8 Å². The van der Waals surface area contributed by atoms with Crippen LogP contribution >= 0.6 is 0 Å². The summed E-state index contributed by atoms with van der Waals surface area (Å²) in [5, 5.41) is 14.7. The molecule has 0 amide bonds. The number of hydrogen-bond donors (Lipinski definition) is 1. The second-order valence-electron chi connectivity index (χ2n) is 8.28. The van der Waals surface area contributed by atoms with Crippen LogP contribution in [0.3, 0.4) is 0 Å². The lowest BCUT2D eigenvalue weighted by Crippen LogP contribution is -2.29. The molecule has 1 N–H and O–H groups in total. The average Bonchev–Trinajstić information content (AvgIpc) is 3.53. The fourth-order valence-electron chi connectivity index (χ4n) is 4.47. The number of aromatic amines is 1. The first kappa shape index (κ1) is 20.3. The van der Waals surface area contributed by atoms with Gasteiger partial charge in [-0.25, -0.2) is 4.98 Å². The van der Waals surface area contributed by atoms with Crippen molar-refractivity contribution in [3.63, 3.8) is 0 Å². The van der Waals surface area contributed by atoms with Crippen molar-refractivity contribution in [3.8, 4) is 22.5 Å². The molecule has 1 aliphatic rings. The Balaban J connectivity index is 1.58. The number of nitrogens with one attached hydrogen (secondary N) is 1. The van der Waals surface area contributed by atoms with Crippen molar-refractivity contribution in [1.82, 2.24) is 30.2 Å². The molecule has 0 saturated carbocycles. The molecular formula is C25H26N6O. The predicted octanol–water partition coefficient (Wildman–Crippen LogP) is 3.97. The molecule has 7 heteroatoms. The van der Waals surface area contributed by atoms with E-state index in [4.69, 9.17) is 4.98 Å². The number of aryl methyl sites for hydroxylation is 2. The van der Waals surface area contributed by atoms with Crippen molar-refractivity contribution in [2.75, 3.05) is 0 Å². The number of aromatic nitrogens is 6. The quantitative estimate of drug-likeness (QED) is 0.483. The van der Waals surface area contributed by atoms with E-state index < -0.39 is 0 Å². The van der Waals surface area contributed by atoms with Crippen LogP contribution in [0.25, 0.3) is 22.5 Å². The van der Waals surface area contributed by atoms with Gasteiger partial charge in [-0.15, -0.1) is 10.2 Å². The van der Waals surface area contributed by atoms with E-state index in [9.17, 15) is 4.79 Å². The van der Waals surface area contributed by atoms with E-state index in [-0.39, 0.29) is 5.56 Å². The summed E-state index contributed by atoms with van der Waals surface area (Å²) in [5.41, 5.74) is 6.03. The van der Waals surface area contributed by atoms with Crippen molar-refractivity contribution in [2.24, 2.45) is 0 Å². The van der Waals surface area contributed by atoms with Gasteiger partial charge in [-0.1, -0.05) is 55.8 Å². The van der Waals surface area contributed by atoms with E-state index >= 15 is 0 Å². The molecule has 2 aromatic carbocycles. The Kier molecular flexibility index (Phi) is 5.62. The number of rotatable bonds is 7. The van der Waals surface area contributed by atoms with E-state index in [2.05, 4.69) is 57.9 Å². The van der Waals surface area contributed by atoms with Gasteiger partial charge < -0.3 is 0 Å². The highest BCUT2D eigenvalue weighted by molar-refractivity contribution is 5.80. The van der Waals surface area contributed by atoms with Gasteiger partial charge in [-0.2, -0.15) is 5.21 Å². The first-order chi connectivity index (χ1) is 15.7. The molecule has 2 aromatic heterocycles. The zero-order chi connectivity index (χ0) is 21.9. The first-order valence-electron chi connectivity index (χ1n) is 11.3. The fourth-order valence-corrected chi connectivity index (χ4v) is 4.47. The van der Waals surface area contributed by atoms with Crippen molar-refractivity contribution in [1.29, 1.82) is 0 Å². The third-order valence-corrected chi connectivity index (χ3v) is 6.12. The Hall–Kier alpha value is -3.61. The van der Waals surface area contributed by atoms with Crippen LogP contribution in [0.15, 0.2) is 53.3 Å². The van der Waals surface area contributed by atoms with E-state index in [1.165, 1.54) is 0 Å². The van der Waals surface area contributed by atoms with Crippen molar-refractivity contribution >= 4 is 0 Å². The number of fused-ring (bicyclic) bond motifs is 1. The molecule has 162 valence electrons. The molecule has 0 saturated heterocycles. The van der Waals surface area contributed by atoms with Gasteiger partial charge in [-0.05, 0) is 53.7 Å². The van der Waals surface area contributed by atoms with Gasteiger partial charge in [0.25, 0.3) is 5.56 Å². The minimum absolute atomic E-state index is 0.117. The van der Waals surface area contributed by atoms with Gasteiger partial charge in [0.1, 0.15) is 5.82 Å². The fraction of sp³-hybridized carbons (Fsp3) is 0.320. The number of H-pyrrole nitrogens is 1. The third-order valence-electron chi connectivity index (χ3n) is 6.12. The van der Waals surface area contributed by atoms with E-state index in [1.54, 1.807) is 0 Å². The van der Waals surface area contributed by atoms with E-state index in [0.717, 1.165) is 77.9 Å². The number of hydrogen-bond acceptors (Lipinski definition) is 5. The molecule has 0 aliphatic heterocycles. The van der Waals surface area contributed by atoms with Gasteiger partial charge >= 0.3 is 0 Å². The molecule has 4 aromatic rings. The third kappa shape index (κ3) is 3.86. The molecule has 1 aliphatic carbocycles. The highest BCUT2D eigenvalue weighted by Crippen LogP contribution is 2.31. The largest absolute Gasteiger partial charge is 0.292 e. The summed E-state index contributed by atoms with van der Waals surface area (Å²) >= 11 is 0. The van der Waals surface area contributed by atoms with Crippen LogP contribution < -0.4 is 5.56 Å². The molecule has 0 unspecified atom stereocenters. The Morgan fingerprint density at radius 3 is 2.72 bits per heavy atom. The Morgan fingerprint density at radius 1 is 1.06 bits per heavy atom. The SMILES string of the molecule is CCCCc1nc2c(c(=O)n1Cc1ccc(-c3ccccc3)c(-c3nn[nH]n3)c1)CCC2. The summed E-state index contributed by atoms with van der Waals surface area (Å²) in [6, 6.07) is 16.4. The Bertz CT molecular complexity index is 1280. The molecule has 0 atom stereocenters. The van der Waals surface area contributed by atoms with Crippen molar-refractivity contribution < 1.29 is 0 Å². The molecule has 0 radical (unpaired) electrons. The maximum Gasteiger partial charge on any atom is 0.257 e. The lowest BCUT2D eigenvalue weighted by Gasteiger charge is -2.16. The number of unbranched alkanes of at least 4 members (excludes halogenated alkanes) is 1. The summed E-state index contributed by atoms with van der Waals surface area (Å²) in [6.07, 6.45) is 5.67.